The van der Waals surface area contributed by atoms with Gasteiger partial charge in [0.1, 0.15) is 0 Å². The molecule has 0 unspecified atom stereocenters. The Labute approximate surface area is 120 Å². The fourth-order valence-electron chi connectivity index (χ4n) is 2.66. The Morgan fingerprint density at radius 3 is 2.47 bits per heavy atom. The van der Waals surface area contributed by atoms with Crippen LogP contribution in [0.25, 0.3) is 0 Å². The SMILES string of the molecule is CN(C1CCCCC1)S(=O)(=O)c1ccccc1CCl. The number of alkyl halides is 1. The average Bonchev–Trinajstić information content (AvgIpc) is 2.47. The molecule has 0 aliphatic heterocycles. The van der Waals surface area contributed by atoms with E-state index in [1.165, 1.54) is 10.7 Å². The molecule has 1 aliphatic carbocycles. The molecule has 0 amide bonds. The summed E-state index contributed by atoms with van der Waals surface area (Å²) in [5.41, 5.74) is 0.673. The molecule has 1 aromatic carbocycles. The van der Waals surface area contributed by atoms with Crippen LogP contribution in [0.4, 0.5) is 0 Å². The van der Waals surface area contributed by atoms with Crippen molar-refractivity contribution < 1.29 is 8.42 Å². The van der Waals surface area contributed by atoms with Crippen molar-refractivity contribution in [1.29, 1.82) is 0 Å². The molecule has 2 rings (SSSR count). The predicted octanol–water partition coefficient (Wildman–Crippen LogP) is 3.38. The van der Waals surface area contributed by atoms with Crippen molar-refractivity contribution in [3.63, 3.8) is 0 Å². The Morgan fingerprint density at radius 1 is 1.21 bits per heavy atom. The summed E-state index contributed by atoms with van der Waals surface area (Å²) < 4.78 is 26.9. The van der Waals surface area contributed by atoms with E-state index in [1.807, 2.05) is 6.07 Å². The third-order valence-electron chi connectivity index (χ3n) is 3.86. The third-order valence-corrected chi connectivity index (χ3v) is 6.16. The normalized spacial score (nSPS) is 17.8. The molecule has 0 spiro atoms. The first-order valence-corrected chi connectivity index (χ1v) is 8.66. The van der Waals surface area contributed by atoms with E-state index in [2.05, 4.69) is 0 Å². The lowest BCUT2D eigenvalue weighted by atomic mass is 9.96. The Hall–Kier alpha value is -0.580. The van der Waals surface area contributed by atoms with E-state index in [1.54, 1.807) is 25.2 Å². The van der Waals surface area contributed by atoms with Crippen molar-refractivity contribution in [1.82, 2.24) is 4.31 Å². The van der Waals surface area contributed by atoms with Crippen LogP contribution in [0.1, 0.15) is 37.7 Å². The van der Waals surface area contributed by atoms with Gasteiger partial charge in [-0.1, -0.05) is 37.5 Å². The molecule has 0 atom stereocenters. The van der Waals surface area contributed by atoms with E-state index in [0.717, 1.165) is 25.7 Å². The molecular weight excluding hydrogens is 282 g/mol. The van der Waals surface area contributed by atoms with Gasteiger partial charge >= 0.3 is 0 Å². The van der Waals surface area contributed by atoms with Crippen LogP contribution >= 0.6 is 11.6 Å². The zero-order chi connectivity index (χ0) is 13.9. The number of halogens is 1. The maximum atomic E-state index is 12.7. The van der Waals surface area contributed by atoms with Crippen LogP contribution in [0.2, 0.25) is 0 Å². The first kappa shape index (κ1) is 14.8. The molecule has 0 heterocycles. The highest BCUT2D eigenvalue weighted by Gasteiger charge is 2.30. The molecule has 106 valence electrons. The van der Waals surface area contributed by atoms with Crippen LogP contribution in [0, 0.1) is 0 Å². The number of nitrogens with zero attached hydrogens (tertiary/aromatic N) is 1. The first-order chi connectivity index (χ1) is 9.07. The molecule has 3 nitrogen and oxygen atoms in total. The first-order valence-electron chi connectivity index (χ1n) is 6.69. The lowest BCUT2D eigenvalue weighted by Gasteiger charge is -2.30. The van der Waals surface area contributed by atoms with Crippen molar-refractivity contribution in [2.24, 2.45) is 0 Å². The second-order valence-electron chi connectivity index (χ2n) is 5.05. The summed E-state index contributed by atoms with van der Waals surface area (Å²) >= 11 is 5.85. The molecular formula is C14H20ClNO2S. The molecule has 1 aromatic rings. The molecule has 19 heavy (non-hydrogen) atoms. The van der Waals surface area contributed by atoms with Gasteiger partial charge in [-0.05, 0) is 24.5 Å². The number of hydrogen-bond donors (Lipinski definition) is 0. The maximum absolute atomic E-state index is 12.7. The van der Waals surface area contributed by atoms with Gasteiger partial charge in [-0.15, -0.1) is 11.6 Å². The lowest BCUT2D eigenvalue weighted by Crippen LogP contribution is -2.38. The van der Waals surface area contributed by atoms with Gasteiger partial charge in [0.25, 0.3) is 0 Å². The highest BCUT2D eigenvalue weighted by atomic mass is 35.5. The van der Waals surface area contributed by atoms with Gasteiger partial charge in [0, 0.05) is 19.0 Å². The Balaban J connectivity index is 2.30. The third kappa shape index (κ3) is 3.12. The van der Waals surface area contributed by atoms with Gasteiger partial charge in [0.05, 0.1) is 4.90 Å². The van der Waals surface area contributed by atoms with Gasteiger partial charge in [-0.3, -0.25) is 0 Å². The molecule has 1 aliphatic rings. The number of benzene rings is 1. The summed E-state index contributed by atoms with van der Waals surface area (Å²) in [7, 11) is -1.74. The van der Waals surface area contributed by atoms with Crippen LogP contribution in [-0.4, -0.2) is 25.8 Å². The van der Waals surface area contributed by atoms with Crippen molar-refractivity contribution in [2.45, 2.75) is 48.9 Å². The molecule has 0 aromatic heterocycles. The minimum Gasteiger partial charge on any atom is -0.207 e. The lowest BCUT2D eigenvalue weighted by molar-refractivity contribution is 0.285. The predicted molar refractivity (Wildman–Crippen MR) is 77.8 cm³/mol. The van der Waals surface area contributed by atoms with E-state index in [9.17, 15) is 8.42 Å². The van der Waals surface area contributed by atoms with Crippen molar-refractivity contribution in [2.75, 3.05) is 7.05 Å². The summed E-state index contributed by atoms with van der Waals surface area (Å²) in [5, 5.41) is 0. The zero-order valence-corrected chi connectivity index (χ0v) is 12.8. The van der Waals surface area contributed by atoms with Gasteiger partial charge in [0.15, 0.2) is 0 Å². The summed E-state index contributed by atoms with van der Waals surface area (Å²) in [6, 6.07) is 7.11. The van der Waals surface area contributed by atoms with E-state index in [-0.39, 0.29) is 11.9 Å². The molecule has 5 heteroatoms. The molecule has 0 saturated heterocycles. The standard InChI is InChI=1S/C14H20ClNO2S/c1-16(13-8-3-2-4-9-13)19(17,18)14-10-6-5-7-12(14)11-15/h5-7,10,13H,2-4,8-9,11H2,1H3. The topological polar surface area (TPSA) is 37.4 Å². The van der Waals surface area contributed by atoms with Gasteiger partial charge in [0.2, 0.25) is 10.0 Å². The van der Waals surface area contributed by atoms with Crippen molar-refractivity contribution >= 4 is 21.6 Å². The average molecular weight is 302 g/mol. The van der Waals surface area contributed by atoms with Gasteiger partial charge in [-0.2, -0.15) is 4.31 Å². The summed E-state index contributed by atoms with van der Waals surface area (Å²) in [5.74, 6) is 0.216. The fraction of sp³-hybridized carbons (Fsp3) is 0.571. The van der Waals surface area contributed by atoms with E-state index in [0.29, 0.717) is 10.5 Å². The van der Waals surface area contributed by atoms with E-state index in [4.69, 9.17) is 11.6 Å². The van der Waals surface area contributed by atoms with E-state index < -0.39 is 10.0 Å². The second kappa shape index (κ2) is 6.25. The molecule has 0 radical (unpaired) electrons. The van der Waals surface area contributed by atoms with Gasteiger partial charge in [-0.25, -0.2) is 8.42 Å². The summed E-state index contributed by atoms with van der Waals surface area (Å²) in [4.78, 5) is 0.345. The molecule has 0 N–H and O–H groups in total. The maximum Gasteiger partial charge on any atom is 0.243 e. The molecule has 1 fully saturated rings. The molecule has 0 bridgehead atoms. The number of sulfonamides is 1. The zero-order valence-electron chi connectivity index (χ0n) is 11.2. The Bertz CT molecular complexity index is 524. The Morgan fingerprint density at radius 2 is 1.84 bits per heavy atom. The van der Waals surface area contributed by atoms with Crippen LogP contribution in [0.5, 0.6) is 0 Å². The quantitative estimate of drug-likeness (QED) is 0.800. The fourth-order valence-corrected chi connectivity index (χ4v) is 4.61. The number of rotatable bonds is 4. The van der Waals surface area contributed by atoms with Crippen molar-refractivity contribution in [3.8, 4) is 0 Å². The summed E-state index contributed by atoms with van der Waals surface area (Å²) in [6.07, 6.45) is 5.35. The van der Waals surface area contributed by atoms with Crippen LogP contribution in [-0.2, 0) is 15.9 Å². The second-order valence-corrected chi connectivity index (χ2v) is 7.29. The van der Waals surface area contributed by atoms with Crippen molar-refractivity contribution in [3.05, 3.63) is 29.8 Å². The van der Waals surface area contributed by atoms with Gasteiger partial charge < -0.3 is 0 Å². The van der Waals surface area contributed by atoms with Crippen LogP contribution in [0.3, 0.4) is 0 Å². The van der Waals surface area contributed by atoms with Crippen LogP contribution < -0.4 is 0 Å². The van der Waals surface area contributed by atoms with Crippen LogP contribution in [0.15, 0.2) is 29.2 Å². The molecule has 1 saturated carbocycles. The Kier molecular flexibility index (Phi) is 4.87. The minimum absolute atomic E-state index is 0.127. The highest BCUT2D eigenvalue weighted by Crippen LogP contribution is 2.28. The largest absolute Gasteiger partial charge is 0.243 e. The van der Waals surface area contributed by atoms with E-state index >= 15 is 0 Å². The minimum atomic E-state index is -3.43. The highest BCUT2D eigenvalue weighted by molar-refractivity contribution is 7.89. The smallest absolute Gasteiger partial charge is 0.207 e. The monoisotopic (exact) mass is 301 g/mol. The summed E-state index contributed by atoms with van der Waals surface area (Å²) in [6.45, 7) is 0. The number of hydrogen-bond acceptors (Lipinski definition) is 2.